The highest BCUT2D eigenvalue weighted by Crippen LogP contribution is 2.29. The molecule has 1 saturated heterocycles. The van der Waals surface area contributed by atoms with Crippen molar-refractivity contribution in [3.63, 3.8) is 0 Å². The molecule has 1 fully saturated rings. The summed E-state index contributed by atoms with van der Waals surface area (Å²) in [6, 6.07) is 7.35. The number of hydrogen-bond acceptors (Lipinski definition) is 6. The fourth-order valence-electron chi connectivity index (χ4n) is 3.11. The first-order valence-electron chi connectivity index (χ1n) is 8.12. The van der Waals surface area contributed by atoms with E-state index in [2.05, 4.69) is 28.6 Å². The summed E-state index contributed by atoms with van der Waals surface area (Å²) in [5, 5.41) is 3.70. The summed E-state index contributed by atoms with van der Waals surface area (Å²) in [5.41, 5.74) is 1.77. The van der Waals surface area contributed by atoms with Crippen molar-refractivity contribution in [2.75, 3.05) is 29.4 Å². The zero-order chi connectivity index (χ0) is 18.2. The largest absolute Gasteiger partial charge is 0.377 e. The number of benzene rings is 1. The van der Waals surface area contributed by atoms with Crippen molar-refractivity contribution in [2.24, 2.45) is 0 Å². The van der Waals surface area contributed by atoms with Gasteiger partial charge >= 0.3 is 0 Å². The summed E-state index contributed by atoms with van der Waals surface area (Å²) in [7, 11) is -3.73. The molecule has 0 amide bonds. The van der Waals surface area contributed by atoms with Crippen LogP contribution in [-0.2, 0) is 14.8 Å². The number of aromatic nitrogens is 1. The predicted octanol–water partition coefficient (Wildman–Crippen LogP) is 2.71. The van der Waals surface area contributed by atoms with Gasteiger partial charge in [0, 0.05) is 17.9 Å². The molecule has 7 nitrogen and oxygen atoms in total. The molecular formula is C17H23N3O4S. The van der Waals surface area contributed by atoms with Gasteiger partial charge in [0.1, 0.15) is 5.69 Å². The number of rotatable bonds is 4. The van der Waals surface area contributed by atoms with Crippen LogP contribution in [0.25, 0.3) is 0 Å². The molecule has 1 aliphatic rings. The van der Waals surface area contributed by atoms with Crippen LogP contribution in [-0.4, -0.2) is 38.9 Å². The van der Waals surface area contributed by atoms with Crippen molar-refractivity contribution < 1.29 is 17.7 Å². The van der Waals surface area contributed by atoms with Gasteiger partial charge in [-0.05, 0) is 52.0 Å². The number of hydrogen-bond donors (Lipinski definition) is 1. The molecule has 0 atom stereocenters. The Hall–Kier alpha value is -2.06. The van der Waals surface area contributed by atoms with E-state index in [0.717, 1.165) is 12.2 Å². The molecule has 0 spiro atoms. The minimum atomic E-state index is -3.73. The maximum absolute atomic E-state index is 12.6. The van der Waals surface area contributed by atoms with Crippen LogP contribution in [0.3, 0.4) is 0 Å². The molecular weight excluding hydrogens is 342 g/mol. The molecule has 25 heavy (non-hydrogen) atoms. The van der Waals surface area contributed by atoms with Gasteiger partial charge in [-0.15, -0.1) is 0 Å². The lowest BCUT2D eigenvalue weighted by Gasteiger charge is -2.43. The summed E-state index contributed by atoms with van der Waals surface area (Å²) >= 11 is 0. The second-order valence-electron chi connectivity index (χ2n) is 6.82. The normalized spacial score (nSPS) is 17.5. The van der Waals surface area contributed by atoms with E-state index < -0.39 is 10.0 Å². The van der Waals surface area contributed by atoms with Gasteiger partial charge in [-0.1, -0.05) is 5.16 Å². The Kier molecular flexibility index (Phi) is 4.51. The second kappa shape index (κ2) is 6.34. The van der Waals surface area contributed by atoms with E-state index in [1.54, 1.807) is 26.0 Å². The predicted molar refractivity (Wildman–Crippen MR) is 95.5 cm³/mol. The average Bonchev–Trinajstić information content (AvgIpc) is 2.87. The number of aryl methyl sites for hydroxylation is 2. The zero-order valence-electron chi connectivity index (χ0n) is 14.9. The van der Waals surface area contributed by atoms with Crippen molar-refractivity contribution in [1.82, 2.24) is 5.16 Å². The fourth-order valence-corrected chi connectivity index (χ4v) is 4.50. The van der Waals surface area contributed by atoms with Gasteiger partial charge in [0.05, 0.1) is 18.8 Å². The van der Waals surface area contributed by atoms with Gasteiger partial charge in [-0.25, -0.2) is 8.42 Å². The van der Waals surface area contributed by atoms with E-state index in [1.807, 2.05) is 12.1 Å². The molecule has 1 N–H and O–H groups in total. The monoisotopic (exact) mass is 365 g/mol. The fraction of sp³-hybridized carbons (Fsp3) is 0.471. The van der Waals surface area contributed by atoms with Crippen LogP contribution in [0.4, 0.5) is 11.4 Å². The first-order chi connectivity index (χ1) is 11.7. The summed E-state index contributed by atoms with van der Waals surface area (Å²) in [6.45, 7) is 9.59. The molecule has 0 bridgehead atoms. The number of nitrogens with zero attached hydrogens (tertiary/aromatic N) is 2. The average molecular weight is 365 g/mol. The van der Waals surface area contributed by atoms with Crippen molar-refractivity contribution >= 4 is 21.4 Å². The van der Waals surface area contributed by atoms with Gasteiger partial charge in [-0.2, -0.15) is 0 Å². The van der Waals surface area contributed by atoms with E-state index in [0.29, 0.717) is 24.6 Å². The maximum atomic E-state index is 12.6. The molecule has 1 aromatic carbocycles. The molecule has 1 aliphatic heterocycles. The van der Waals surface area contributed by atoms with E-state index in [1.165, 1.54) is 0 Å². The standard InChI is InChI=1S/C17H23N3O4S/c1-12-16(13(2)24-18-12)25(21,22)19-14-5-7-15(8-6-14)20-9-10-23-11-17(20,3)4/h5-8,19H,9-11H2,1-4H3. The van der Waals surface area contributed by atoms with Crippen LogP contribution < -0.4 is 9.62 Å². The highest BCUT2D eigenvalue weighted by atomic mass is 32.2. The Balaban J connectivity index is 1.81. The Morgan fingerprint density at radius 1 is 1.20 bits per heavy atom. The lowest BCUT2D eigenvalue weighted by molar-refractivity contribution is 0.0644. The smallest absolute Gasteiger partial charge is 0.267 e. The van der Waals surface area contributed by atoms with Crippen LogP contribution in [0, 0.1) is 13.8 Å². The number of nitrogens with one attached hydrogen (secondary N) is 1. The minimum Gasteiger partial charge on any atom is -0.377 e. The van der Waals surface area contributed by atoms with Crippen molar-refractivity contribution in [2.45, 2.75) is 38.1 Å². The third-order valence-electron chi connectivity index (χ3n) is 4.31. The van der Waals surface area contributed by atoms with E-state index in [4.69, 9.17) is 9.26 Å². The summed E-state index contributed by atoms with van der Waals surface area (Å²) in [6.07, 6.45) is 0. The second-order valence-corrected chi connectivity index (χ2v) is 8.44. The van der Waals surface area contributed by atoms with E-state index in [-0.39, 0.29) is 16.2 Å². The van der Waals surface area contributed by atoms with Crippen molar-refractivity contribution in [1.29, 1.82) is 0 Å². The zero-order valence-corrected chi connectivity index (χ0v) is 15.7. The molecule has 0 saturated carbocycles. The van der Waals surface area contributed by atoms with Gasteiger partial charge < -0.3 is 14.2 Å². The van der Waals surface area contributed by atoms with E-state index in [9.17, 15) is 8.42 Å². The van der Waals surface area contributed by atoms with Gasteiger partial charge in [-0.3, -0.25) is 4.72 Å². The molecule has 0 radical (unpaired) electrons. The molecule has 2 heterocycles. The molecule has 0 unspecified atom stereocenters. The molecule has 1 aromatic heterocycles. The van der Waals surface area contributed by atoms with Crippen LogP contribution in [0.15, 0.2) is 33.7 Å². The lowest BCUT2D eigenvalue weighted by atomic mass is 10.0. The third kappa shape index (κ3) is 3.50. The molecule has 0 aliphatic carbocycles. The van der Waals surface area contributed by atoms with Crippen LogP contribution in [0.2, 0.25) is 0 Å². The Morgan fingerprint density at radius 3 is 2.44 bits per heavy atom. The van der Waals surface area contributed by atoms with Gasteiger partial charge in [0.25, 0.3) is 10.0 Å². The topological polar surface area (TPSA) is 84.7 Å². The minimum absolute atomic E-state index is 0.0888. The Labute approximate surface area is 148 Å². The molecule has 136 valence electrons. The number of anilines is 2. The first-order valence-corrected chi connectivity index (χ1v) is 9.60. The van der Waals surface area contributed by atoms with Crippen molar-refractivity contribution in [3.05, 3.63) is 35.7 Å². The summed E-state index contributed by atoms with van der Waals surface area (Å²) in [4.78, 5) is 2.36. The molecule has 2 aromatic rings. The maximum Gasteiger partial charge on any atom is 0.267 e. The number of morpholine rings is 1. The quantitative estimate of drug-likeness (QED) is 0.897. The van der Waals surface area contributed by atoms with Crippen molar-refractivity contribution in [3.8, 4) is 0 Å². The van der Waals surface area contributed by atoms with E-state index >= 15 is 0 Å². The highest BCUT2D eigenvalue weighted by molar-refractivity contribution is 7.92. The number of ether oxygens (including phenoxy) is 1. The van der Waals surface area contributed by atoms with Crippen LogP contribution in [0.1, 0.15) is 25.3 Å². The van der Waals surface area contributed by atoms with Gasteiger partial charge in [0.2, 0.25) is 0 Å². The van der Waals surface area contributed by atoms with Gasteiger partial charge in [0.15, 0.2) is 10.7 Å². The molecule has 3 rings (SSSR count). The molecule has 8 heteroatoms. The SMILES string of the molecule is Cc1noc(C)c1S(=O)(=O)Nc1ccc(N2CCOCC2(C)C)cc1. The van der Waals surface area contributed by atoms with Crippen LogP contribution in [0.5, 0.6) is 0 Å². The third-order valence-corrected chi connectivity index (χ3v) is 5.94. The highest BCUT2D eigenvalue weighted by Gasteiger charge is 2.30. The number of sulfonamides is 1. The van der Waals surface area contributed by atoms with Crippen LogP contribution >= 0.6 is 0 Å². The Morgan fingerprint density at radius 2 is 1.88 bits per heavy atom. The summed E-state index contributed by atoms with van der Waals surface area (Å²) < 4.78 is 38.2. The summed E-state index contributed by atoms with van der Waals surface area (Å²) in [5.74, 6) is 0.275. The Bertz CT molecular complexity index is 837. The lowest BCUT2D eigenvalue weighted by Crippen LogP contribution is -2.53. The first kappa shape index (κ1) is 17.8.